The lowest BCUT2D eigenvalue weighted by Gasteiger charge is -2.08. The predicted octanol–water partition coefficient (Wildman–Crippen LogP) is 4.31. The van der Waals surface area contributed by atoms with Gasteiger partial charge in [-0.25, -0.2) is 0 Å². The van der Waals surface area contributed by atoms with Gasteiger partial charge in [-0.1, -0.05) is 35.3 Å². The van der Waals surface area contributed by atoms with E-state index in [0.717, 1.165) is 4.90 Å². The number of hydrogen-bond acceptors (Lipinski definition) is 3. The molecule has 0 aliphatic rings. The maximum Gasteiger partial charge on any atom is 0.234 e. The van der Waals surface area contributed by atoms with Gasteiger partial charge in [-0.05, 0) is 30.3 Å². The molecule has 0 unspecified atom stereocenters. The lowest BCUT2D eigenvalue weighted by Crippen LogP contribution is -2.14. The number of hydrogen-bond donors (Lipinski definition) is 2. The summed E-state index contributed by atoms with van der Waals surface area (Å²) in [6.07, 6.45) is 0. The van der Waals surface area contributed by atoms with Crippen LogP contribution in [0.1, 0.15) is 0 Å². The molecule has 1 amide bonds. The lowest BCUT2D eigenvalue weighted by molar-refractivity contribution is -0.113. The first kappa shape index (κ1) is 15.0. The van der Waals surface area contributed by atoms with Crippen LogP contribution in [0.15, 0.2) is 47.4 Å². The molecular formula is C14H12Cl2N2OS. The summed E-state index contributed by atoms with van der Waals surface area (Å²) in [5.41, 5.74) is 6.71. The Balaban J connectivity index is 1.96. The molecule has 0 radical (unpaired) electrons. The number of thioether (sulfide) groups is 1. The molecule has 3 N–H and O–H groups in total. The van der Waals surface area contributed by atoms with Crippen molar-refractivity contribution in [2.24, 2.45) is 0 Å². The summed E-state index contributed by atoms with van der Waals surface area (Å²) in [4.78, 5) is 12.7. The third-order valence-corrected chi connectivity index (χ3v) is 4.30. The molecule has 2 rings (SSSR count). The molecule has 0 saturated carbocycles. The summed E-state index contributed by atoms with van der Waals surface area (Å²) in [7, 11) is 0. The van der Waals surface area contributed by atoms with E-state index in [1.807, 2.05) is 18.2 Å². The standard InChI is InChI=1S/C14H12Cl2N2OS/c15-10-6-5-9(17)7-12(10)18-14(19)8-20-13-4-2-1-3-11(13)16/h1-7H,8,17H2,(H,18,19). The second-order valence-electron chi connectivity index (χ2n) is 4.01. The quantitative estimate of drug-likeness (QED) is 0.650. The molecule has 0 spiro atoms. The first-order valence-corrected chi connectivity index (χ1v) is 7.52. The van der Waals surface area contributed by atoms with Crippen molar-refractivity contribution in [3.8, 4) is 0 Å². The summed E-state index contributed by atoms with van der Waals surface area (Å²) < 4.78 is 0. The smallest absolute Gasteiger partial charge is 0.234 e. The Morgan fingerprint density at radius 3 is 2.65 bits per heavy atom. The van der Waals surface area contributed by atoms with Gasteiger partial charge in [0.15, 0.2) is 0 Å². The zero-order valence-corrected chi connectivity index (χ0v) is 12.7. The third kappa shape index (κ3) is 4.07. The minimum atomic E-state index is -0.164. The van der Waals surface area contributed by atoms with E-state index in [4.69, 9.17) is 28.9 Å². The second-order valence-corrected chi connectivity index (χ2v) is 5.84. The second kappa shape index (κ2) is 6.88. The normalized spacial score (nSPS) is 10.3. The molecular weight excluding hydrogens is 315 g/mol. The maximum absolute atomic E-state index is 11.9. The minimum Gasteiger partial charge on any atom is -0.399 e. The number of halogens is 2. The molecule has 0 saturated heterocycles. The van der Waals surface area contributed by atoms with Crippen molar-refractivity contribution in [1.29, 1.82) is 0 Å². The van der Waals surface area contributed by atoms with Crippen molar-refractivity contribution in [3.63, 3.8) is 0 Å². The van der Waals surface area contributed by atoms with Crippen LogP contribution in [0, 0.1) is 0 Å². The number of amides is 1. The van der Waals surface area contributed by atoms with E-state index < -0.39 is 0 Å². The van der Waals surface area contributed by atoms with Gasteiger partial charge >= 0.3 is 0 Å². The van der Waals surface area contributed by atoms with E-state index in [2.05, 4.69) is 5.32 Å². The number of benzene rings is 2. The van der Waals surface area contributed by atoms with Crippen LogP contribution in [0.3, 0.4) is 0 Å². The SMILES string of the molecule is Nc1ccc(Cl)c(NC(=O)CSc2ccccc2Cl)c1. The molecule has 0 atom stereocenters. The molecule has 0 heterocycles. The van der Waals surface area contributed by atoms with Crippen LogP contribution in [0.25, 0.3) is 0 Å². The molecule has 0 aliphatic carbocycles. The molecule has 3 nitrogen and oxygen atoms in total. The van der Waals surface area contributed by atoms with Crippen molar-refractivity contribution in [2.45, 2.75) is 4.90 Å². The van der Waals surface area contributed by atoms with Gasteiger partial charge in [-0.2, -0.15) is 0 Å². The highest BCUT2D eigenvalue weighted by Crippen LogP contribution is 2.28. The number of carbonyl (C=O) groups is 1. The first-order valence-electron chi connectivity index (χ1n) is 5.78. The molecule has 2 aromatic carbocycles. The summed E-state index contributed by atoms with van der Waals surface area (Å²) >= 11 is 13.4. The average Bonchev–Trinajstić information content (AvgIpc) is 2.42. The fourth-order valence-corrected chi connectivity index (χ4v) is 2.73. The lowest BCUT2D eigenvalue weighted by atomic mass is 10.3. The van der Waals surface area contributed by atoms with Crippen molar-refractivity contribution in [3.05, 3.63) is 52.5 Å². The van der Waals surface area contributed by atoms with Gasteiger partial charge in [0.25, 0.3) is 0 Å². The summed E-state index contributed by atoms with van der Waals surface area (Å²) in [6.45, 7) is 0. The van der Waals surface area contributed by atoms with E-state index >= 15 is 0 Å². The van der Waals surface area contributed by atoms with Crippen molar-refractivity contribution in [2.75, 3.05) is 16.8 Å². The number of carbonyl (C=O) groups excluding carboxylic acids is 1. The predicted molar refractivity (Wildman–Crippen MR) is 86.7 cm³/mol. The van der Waals surface area contributed by atoms with Gasteiger partial charge in [0.05, 0.1) is 21.5 Å². The summed E-state index contributed by atoms with van der Waals surface area (Å²) in [6, 6.07) is 12.3. The van der Waals surface area contributed by atoms with Crippen molar-refractivity contribution in [1.82, 2.24) is 0 Å². The van der Waals surface area contributed by atoms with Gasteiger partial charge < -0.3 is 11.1 Å². The zero-order chi connectivity index (χ0) is 14.5. The average molecular weight is 327 g/mol. The number of nitrogens with one attached hydrogen (secondary N) is 1. The van der Waals surface area contributed by atoms with Crippen LogP contribution >= 0.6 is 35.0 Å². The highest BCUT2D eigenvalue weighted by molar-refractivity contribution is 8.00. The van der Waals surface area contributed by atoms with E-state index in [0.29, 0.717) is 21.4 Å². The van der Waals surface area contributed by atoms with Crippen LogP contribution in [0.2, 0.25) is 10.0 Å². The van der Waals surface area contributed by atoms with Crippen LogP contribution < -0.4 is 11.1 Å². The maximum atomic E-state index is 11.9. The Bertz CT molecular complexity index is 634. The Labute approximate surface area is 131 Å². The van der Waals surface area contributed by atoms with Crippen LogP contribution in [0.5, 0.6) is 0 Å². The number of anilines is 2. The van der Waals surface area contributed by atoms with Crippen molar-refractivity contribution >= 4 is 52.2 Å². The molecule has 0 aromatic heterocycles. The fourth-order valence-electron chi connectivity index (χ4n) is 1.53. The van der Waals surface area contributed by atoms with Crippen LogP contribution in [-0.2, 0) is 4.79 Å². The number of rotatable bonds is 4. The number of nitrogens with two attached hydrogens (primary N) is 1. The van der Waals surface area contributed by atoms with Gasteiger partial charge in [0, 0.05) is 10.6 Å². The molecule has 20 heavy (non-hydrogen) atoms. The third-order valence-electron chi connectivity index (χ3n) is 2.46. The van der Waals surface area contributed by atoms with E-state index in [-0.39, 0.29) is 11.7 Å². The molecule has 104 valence electrons. The van der Waals surface area contributed by atoms with Gasteiger partial charge in [-0.15, -0.1) is 11.8 Å². The van der Waals surface area contributed by atoms with E-state index in [1.54, 1.807) is 24.3 Å². The van der Waals surface area contributed by atoms with Gasteiger partial charge in [-0.3, -0.25) is 4.79 Å². The Hall–Kier alpha value is -1.36. The topological polar surface area (TPSA) is 55.1 Å². The van der Waals surface area contributed by atoms with Crippen LogP contribution in [0.4, 0.5) is 11.4 Å². The molecule has 6 heteroatoms. The fraction of sp³-hybridized carbons (Fsp3) is 0.0714. The highest BCUT2D eigenvalue weighted by Gasteiger charge is 2.08. The van der Waals surface area contributed by atoms with Crippen molar-refractivity contribution < 1.29 is 4.79 Å². The molecule has 0 aliphatic heterocycles. The Kier molecular flexibility index (Phi) is 5.17. The summed E-state index contributed by atoms with van der Waals surface area (Å²) in [5, 5.41) is 3.81. The number of nitrogen functional groups attached to an aromatic ring is 1. The van der Waals surface area contributed by atoms with E-state index in [9.17, 15) is 4.79 Å². The Morgan fingerprint density at radius 2 is 1.90 bits per heavy atom. The van der Waals surface area contributed by atoms with Crippen LogP contribution in [-0.4, -0.2) is 11.7 Å². The monoisotopic (exact) mass is 326 g/mol. The molecule has 0 bridgehead atoms. The molecule has 0 fully saturated rings. The van der Waals surface area contributed by atoms with Gasteiger partial charge in [0.1, 0.15) is 0 Å². The van der Waals surface area contributed by atoms with Gasteiger partial charge in [0.2, 0.25) is 5.91 Å². The Morgan fingerprint density at radius 1 is 1.15 bits per heavy atom. The first-order chi connectivity index (χ1) is 9.56. The molecule has 2 aromatic rings. The largest absolute Gasteiger partial charge is 0.399 e. The van der Waals surface area contributed by atoms with E-state index in [1.165, 1.54) is 11.8 Å². The highest BCUT2D eigenvalue weighted by atomic mass is 35.5. The zero-order valence-electron chi connectivity index (χ0n) is 10.4. The summed E-state index contributed by atoms with van der Waals surface area (Å²) in [5.74, 6) is 0.0805. The minimum absolute atomic E-state index is 0.164.